The summed E-state index contributed by atoms with van der Waals surface area (Å²) in [6, 6.07) is 10.9. The molecule has 1 saturated carbocycles. The van der Waals surface area contributed by atoms with E-state index in [9.17, 15) is 9.59 Å². The number of carbonyl (C=O) groups excluding carboxylic acids is 1. The van der Waals surface area contributed by atoms with Gasteiger partial charge in [0, 0.05) is 19.0 Å². The highest BCUT2D eigenvalue weighted by atomic mass is 79.9. The van der Waals surface area contributed by atoms with E-state index in [-0.39, 0.29) is 24.0 Å². The molecule has 10 heteroatoms. The van der Waals surface area contributed by atoms with Crippen LogP contribution in [0.3, 0.4) is 0 Å². The van der Waals surface area contributed by atoms with Crippen molar-refractivity contribution in [1.82, 2.24) is 14.6 Å². The second-order valence-electron chi connectivity index (χ2n) is 9.28. The van der Waals surface area contributed by atoms with Gasteiger partial charge >= 0.3 is 0 Å². The van der Waals surface area contributed by atoms with Crippen molar-refractivity contribution in [3.8, 4) is 5.75 Å². The number of morpholine rings is 1. The van der Waals surface area contributed by atoms with E-state index in [0.717, 1.165) is 25.7 Å². The van der Waals surface area contributed by atoms with Crippen molar-refractivity contribution in [3.63, 3.8) is 0 Å². The Morgan fingerprint density at radius 1 is 1.19 bits per heavy atom. The van der Waals surface area contributed by atoms with Crippen molar-refractivity contribution < 1.29 is 14.3 Å². The summed E-state index contributed by atoms with van der Waals surface area (Å²) < 4.78 is 13.1. The van der Waals surface area contributed by atoms with Crippen LogP contribution in [0.2, 0.25) is 5.02 Å². The summed E-state index contributed by atoms with van der Waals surface area (Å²) in [5, 5.41) is 5.44. The topological polar surface area (TPSA) is 86.0 Å². The van der Waals surface area contributed by atoms with Crippen molar-refractivity contribution >= 4 is 50.6 Å². The molecular formula is C27H28BrClN4O4. The van der Waals surface area contributed by atoms with Crippen LogP contribution >= 0.6 is 27.5 Å². The maximum Gasteiger partial charge on any atom is 0.282 e. The molecule has 0 unspecified atom stereocenters. The Morgan fingerprint density at radius 3 is 2.70 bits per heavy atom. The molecule has 2 fully saturated rings. The minimum atomic E-state index is -0.186. The highest BCUT2D eigenvalue weighted by molar-refractivity contribution is 9.10. The number of fused-ring (bicyclic) bond motifs is 1. The molecule has 194 valence electrons. The van der Waals surface area contributed by atoms with Crippen LogP contribution in [0.5, 0.6) is 5.75 Å². The molecule has 2 aliphatic rings. The lowest BCUT2D eigenvalue weighted by atomic mass is 9.88. The van der Waals surface area contributed by atoms with Gasteiger partial charge in [-0.3, -0.25) is 9.59 Å². The van der Waals surface area contributed by atoms with Crippen LogP contribution in [0.1, 0.15) is 49.4 Å². The molecule has 0 bridgehead atoms. The molecule has 3 aromatic rings. The van der Waals surface area contributed by atoms with E-state index in [1.54, 1.807) is 29.3 Å². The third-order valence-corrected chi connectivity index (χ3v) is 7.67. The first kappa shape index (κ1) is 25.9. The Hall–Kier alpha value is -2.75. The molecule has 1 aliphatic heterocycles. The summed E-state index contributed by atoms with van der Waals surface area (Å²) in [5.41, 5.74) is 1.19. The fraction of sp³-hybridized carbons (Fsp3) is 0.407. The molecule has 37 heavy (non-hydrogen) atoms. The number of hydrogen-bond donors (Lipinski definition) is 0. The summed E-state index contributed by atoms with van der Waals surface area (Å²) in [6.07, 6.45) is 7.03. The van der Waals surface area contributed by atoms with Gasteiger partial charge in [0.25, 0.3) is 11.5 Å². The second-order valence-corrected chi connectivity index (χ2v) is 10.5. The highest BCUT2D eigenvalue weighted by Crippen LogP contribution is 2.35. The fourth-order valence-electron chi connectivity index (χ4n) is 4.83. The van der Waals surface area contributed by atoms with E-state index < -0.39 is 0 Å². The Balaban J connectivity index is 1.40. The Labute approximate surface area is 228 Å². The molecule has 5 rings (SSSR count). The van der Waals surface area contributed by atoms with Gasteiger partial charge in [-0.25, -0.2) is 4.98 Å². The first-order valence-corrected chi connectivity index (χ1v) is 13.7. The lowest BCUT2D eigenvalue weighted by Gasteiger charge is -2.26. The van der Waals surface area contributed by atoms with Gasteiger partial charge < -0.3 is 14.4 Å². The van der Waals surface area contributed by atoms with Gasteiger partial charge in [0.2, 0.25) is 0 Å². The SMILES string of the molecule is O=C(COc1c(Cl)cc(C=Nn2c(C3CCCCC3)nc3ccccc3c2=O)cc1Br)N1CCOCC1. The Bertz CT molecular complexity index is 1360. The monoisotopic (exact) mass is 586 g/mol. The van der Waals surface area contributed by atoms with Crippen LogP contribution < -0.4 is 10.3 Å². The third kappa shape index (κ3) is 5.89. The zero-order valence-electron chi connectivity index (χ0n) is 20.4. The number of ether oxygens (including phenoxy) is 2. The van der Waals surface area contributed by atoms with Crippen LogP contribution in [-0.2, 0) is 9.53 Å². The average Bonchev–Trinajstić information content (AvgIpc) is 2.93. The van der Waals surface area contributed by atoms with Gasteiger partial charge in [0.15, 0.2) is 12.4 Å². The molecule has 1 saturated heterocycles. The predicted octanol–water partition coefficient (Wildman–Crippen LogP) is 4.98. The maximum atomic E-state index is 13.4. The van der Waals surface area contributed by atoms with E-state index >= 15 is 0 Å². The number of aromatic nitrogens is 2. The largest absolute Gasteiger partial charge is 0.481 e. The Kier molecular flexibility index (Phi) is 8.22. The summed E-state index contributed by atoms with van der Waals surface area (Å²) in [6.45, 7) is 2.05. The van der Waals surface area contributed by atoms with Gasteiger partial charge in [0.05, 0.1) is 39.8 Å². The van der Waals surface area contributed by atoms with E-state index in [2.05, 4.69) is 21.0 Å². The average molecular weight is 588 g/mol. The van der Waals surface area contributed by atoms with E-state index in [1.807, 2.05) is 18.2 Å². The van der Waals surface area contributed by atoms with Crippen LogP contribution in [0, 0.1) is 0 Å². The summed E-state index contributed by atoms with van der Waals surface area (Å²) >= 11 is 10.0. The van der Waals surface area contributed by atoms with Crippen molar-refractivity contribution in [2.45, 2.75) is 38.0 Å². The number of halogens is 2. The minimum absolute atomic E-state index is 0.115. The molecule has 2 heterocycles. The van der Waals surface area contributed by atoms with Gasteiger partial charge in [-0.2, -0.15) is 9.78 Å². The molecule has 1 aromatic heterocycles. The highest BCUT2D eigenvalue weighted by Gasteiger charge is 2.23. The first-order valence-electron chi connectivity index (χ1n) is 12.5. The normalized spacial score (nSPS) is 17.0. The summed E-state index contributed by atoms with van der Waals surface area (Å²) in [5.74, 6) is 1.16. The molecule has 1 amide bonds. The number of amides is 1. The van der Waals surface area contributed by atoms with E-state index in [0.29, 0.717) is 63.8 Å². The fourth-order valence-corrected chi connectivity index (χ4v) is 5.82. The van der Waals surface area contributed by atoms with Crippen molar-refractivity contribution in [2.24, 2.45) is 5.10 Å². The van der Waals surface area contributed by atoms with E-state index in [4.69, 9.17) is 26.1 Å². The number of carbonyl (C=O) groups is 1. The molecule has 0 atom stereocenters. The summed E-state index contributed by atoms with van der Waals surface area (Å²) in [4.78, 5) is 32.4. The van der Waals surface area contributed by atoms with E-state index in [1.165, 1.54) is 11.1 Å². The van der Waals surface area contributed by atoms with Crippen LogP contribution in [0.15, 0.2) is 50.8 Å². The third-order valence-electron chi connectivity index (χ3n) is 6.80. The molecule has 0 radical (unpaired) electrons. The molecule has 8 nitrogen and oxygen atoms in total. The second kappa shape index (κ2) is 11.8. The Morgan fingerprint density at radius 2 is 1.95 bits per heavy atom. The van der Waals surface area contributed by atoms with Crippen molar-refractivity contribution in [3.05, 3.63) is 67.6 Å². The molecular weight excluding hydrogens is 560 g/mol. The number of benzene rings is 2. The van der Waals surface area contributed by atoms with Crippen LogP contribution in [-0.4, -0.2) is 59.6 Å². The number of nitrogens with zero attached hydrogens (tertiary/aromatic N) is 4. The smallest absolute Gasteiger partial charge is 0.282 e. The zero-order chi connectivity index (χ0) is 25.8. The van der Waals surface area contributed by atoms with Crippen molar-refractivity contribution in [1.29, 1.82) is 0 Å². The van der Waals surface area contributed by atoms with Gasteiger partial charge in [0.1, 0.15) is 5.82 Å². The van der Waals surface area contributed by atoms with Gasteiger partial charge in [-0.05, 0) is 58.6 Å². The van der Waals surface area contributed by atoms with Crippen LogP contribution in [0.4, 0.5) is 0 Å². The molecule has 0 N–H and O–H groups in total. The molecule has 0 spiro atoms. The number of hydrogen-bond acceptors (Lipinski definition) is 6. The maximum absolute atomic E-state index is 13.4. The zero-order valence-corrected chi connectivity index (χ0v) is 22.7. The summed E-state index contributed by atoms with van der Waals surface area (Å²) in [7, 11) is 0. The van der Waals surface area contributed by atoms with Gasteiger partial charge in [-0.15, -0.1) is 0 Å². The standard InChI is InChI=1S/C27H28BrClN4O4/c28-21-14-18(15-22(29)25(21)37-17-24(34)32-10-12-36-13-11-32)16-30-33-26(19-6-2-1-3-7-19)31-23-9-5-4-8-20(23)27(33)35/h4-5,8-9,14-16,19H,1-3,6-7,10-13,17H2. The molecule has 2 aromatic carbocycles. The number of para-hydroxylation sites is 1. The van der Waals surface area contributed by atoms with Crippen molar-refractivity contribution in [2.75, 3.05) is 32.9 Å². The molecule has 1 aliphatic carbocycles. The predicted molar refractivity (Wildman–Crippen MR) is 147 cm³/mol. The lowest BCUT2D eigenvalue weighted by molar-refractivity contribution is -0.137. The number of rotatable bonds is 6. The first-order chi connectivity index (χ1) is 18.0. The van der Waals surface area contributed by atoms with Gasteiger partial charge in [-0.1, -0.05) is 43.0 Å². The quantitative estimate of drug-likeness (QED) is 0.380. The minimum Gasteiger partial charge on any atom is -0.481 e. The van der Waals surface area contributed by atoms with Crippen LogP contribution in [0.25, 0.3) is 10.9 Å². The lowest BCUT2D eigenvalue weighted by Crippen LogP contribution is -2.43.